The van der Waals surface area contributed by atoms with Crippen molar-refractivity contribution in [2.45, 2.75) is 20.0 Å². The summed E-state index contributed by atoms with van der Waals surface area (Å²) in [6.07, 6.45) is 0.252. The van der Waals surface area contributed by atoms with Crippen molar-refractivity contribution in [1.29, 1.82) is 0 Å². The highest BCUT2D eigenvalue weighted by Crippen LogP contribution is 2.26. The first-order valence-corrected chi connectivity index (χ1v) is 6.26. The maximum absolute atomic E-state index is 5.80. The molecule has 0 amide bonds. The van der Waals surface area contributed by atoms with Crippen molar-refractivity contribution in [2.24, 2.45) is 5.73 Å². The number of hydrogen-bond donors (Lipinski definition) is 1. The lowest BCUT2D eigenvalue weighted by atomic mass is 10.1. The van der Waals surface area contributed by atoms with E-state index in [1.807, 2.05) is 12.1 Å². The van der Waals surface area contributed by atoms with Crippen LogP contribution in [0.25, 0.3) is 0 Å². The Kier molecular flexibility index (Phi) is 3.64. The Hall–Kier alpha value is -1.13. The number of para-hydroxylation sites is 1. The van der Waals surface area contributed by atoms with Gasteiger partial charge in [0.2, 0.25) is 0 Å². The van der Waals surface area contributed by atoms with Gasteiger partial charge in [-0.15, -0.1) is 0 Å². The third kappa shape index (κ3) is 2.58. The van der Waals surface area contributed by atoms with Crippen LogP contribution in [0.4, 0.5) is 5.69 Å². The van der Waals surface area contributed by atoms with Crippen molar-refractivity contribution in [3.63, 3.8) is 0 Å². The average Bonchev–Trinajstić information content (AvgIpc) is 2.28. The summed E-state index contributed by atoms with van der Waals surface area (Å²) in [7, 11) is 0. The molecule has 1 fully saturated rings. The molecule has 1 heterocycles. The normalized spacial score (nSPS) is 20.4. The number of hydrogen-bond acceptors (Lipinski definition) is 3. The number of aryl methyl sites for hydroxylation is 1. The molecule has 2 rings (SSSR count). The topological polar surface area (TPSA) is 38.5 Å². The maximum Gasteiger partial charge on any atom is 0.106 e. The van der Waals surface area contributed by atoms with Gasteiger partial charge < -0.3 is 15.4 Å². The number of ether oxygens (including phenoxy) is 1. The number of rotatable bonds is 2. The summed E-state index contributed by atoms with van der Waals surface area (Å²) in [6, 6.07) is 6.08. The molecule has 1 aliphatic rings. The third-order valence-electron chi connectivity index (χ3n) is 3.06. The zero-order chi connectivity index (χ0) is 12.4. The third-order valence-corrected chi connectivity index (χ3v) is 3.28. The van der Waals surface area contributed by atoms with Gasteiger partial charge in [-0.3, -0.25) is 0 Å². The molecule has 1 unspecified atom stereocenters. The highest BCUT2D eigenvalue weighted by Gasteiger charge is 2.21. The van der Waals surface area contributed by atoms with E-state index in [0.717, 1.165) is 30.9 Å². The monoisotopic (exact) mass is 250 g/mol. The number of morpholine rings is 1. The Morgan fingerprint density at radius 3 is 2.94 bits per heavy atom. The highest BCUT2D eigenvalue weighted by atomic mass is 32.1. The fraction of sp³-hybridized carbons (Fsp3) is 0.462. The minimum Gasteiger partial charge on any atom is -0.389 e. The van der Waals surface area contributed by atoms with E-state index in [1.54, 1.807) is 0 Å². The molecule has 0 aliphatic carbocycles. The molecular formula is C13H18N2OS. The molecule has 17 heavy (non-hydrogen) atoms. The molecule has 1 aromatic carbocycles. The van der Waals surface area contributed by atoms with Gasteiger partial charge in [-0.1, -0.05) is 24.4 Å². The summed E-state index contributed by atoms with van der Waals surface area (Å²) >= 11 is 5.13. The van der Waals surface area contributed by atoms with Gasteiger partial charge in [-0.25, -0.2) is 0 Å². The van der Waals surface area contributed by atoms with Gasteiger partial charge in [0.15, 0.2) is 0 Å². The molecule has 0 bridgehead atoms. The van der Waals surface area contributed by atoms with Crippen molar-refractivity contribution in [2.75, 3.05) is 24.6 Å². The van der Waals surface area contributed by atoms with E-state index in [-0.39, 0.29) is 6.10 Å². The van der Waals surface area contributed by atoms with E-state index in [1.165, 1.54) is 5.56 Å². The lowest BCUT2D eigenvalue weighted by molar-refractivity contribution is 0.0532. The maximum atomic E-state index is 5.80. The van der Waals surface area contributed by atoms with Crippen LogP contribution in [0, 0.1) is 6.92 Å². The second-order valence-corrected chi connectivity index (χ2v) is 4.90. The predicted octanol–water partition coefficient (Wildman–Crippen LogP) is 1.85. The lowest BCUT2D eigenvalue weighted by Crippen LogP contribution is -2.42. The zero-order valence-corrected chi connectivity index (χ0v) is 11.1. The van der Waals surface area contributed by atoms with Crippen LogP contribution >= 0.6 is 12.2 Å². The molecule has 92 valence electrons. The minimum atomic E-state index is 0.252. The first-order chi connectivity index (χ1) is 8.09. The van der Waals surface area contributed by atoms with Crippen LogP contribution in [-0.2, 0) is 4.74 Å². The summed E-state index contributed by atoms with van der Waals surface area (Å²) in [5, 5.41) is 0. The van der Waals surface area contributed by atoms with Crippen LogP contribution in [0.2, 0.25) is 0 Å². The summed E-state index contributed by atoms with van der Waals surface area (Å²) in [5.74, 6) is 0. The van der Waals surface area contributed by atoms with Crippen LogP contribution < -0.4 is 10.6 Å². The van der Waals surface area contributed by atoms with E-state index < -0.39 is 0 Å². The second kappa shape index (κ2) is 5.02. The lowest BCUT2D eigenvalue weighted by Gasteiger charge is -2.35. The van der Waals surface area contributed by atoms with Crippen LogP contribution in [0.3, 0.4) is 0 Å². The van der Waals surface area contributed by atoms with Gasteiger partial charge in [0.05, 0.1) is 18.4 Å². The summed E-state index contributed by atoms with van der Waals surface area (Å²) in [6.45, 7) is 6.72. The molecule has 3 nitrogen and oxygen atoms in total. The van der Waals surface area contributed by atoms with Crippen molar-refractivity contribution in [3.05, 3.63) is 29.3 Å². The van der Waals surface area contributed by atoms with Gasteiger partial charge in [0.25, 0.3) is 0 Å². The number of nitrogens with zero attached hydrogens (tertiary/aromatic N) is 1. The minimum absolute atomic E-state index is 0.252. The molecule has 1 saturated heterocycles. The molecule has 1 aliphatic heterocycles. The van der Waals surface area contributed by atoms with E-state index >= 15 is 0 Å². The Bertz CT molecular complexity index is 433. The van der Waals surface area contributed by atoms with E-state index in [2.05, 4.69) is 24.8 Å². The molecule has 4 heteroatoms. The molecule has 0 aromatic heterocycles. The standard InChI is InChI=1S/C13H18N2OS/c1-9-4-3-5-11(13(14)17)12(9)15-6-7-16-10(2)8-15/h3-5,10H,6-8H2,1-2H3,(H2,14,17). The Morgan fingerprint density at radius 2 is 2.29 bits per heavy atom. The van der Waals surface area contributed by atoms with Gasteiger partial charge in [-0.05, 0) is 25.5 Å². The SMILES string of the molecule is Cc1cccc(C(N)=S)c1N1CCOC(C)C1. The van der Waals surface area contributed by atoms with Crippen LogP contribution in [0.5, 0.6) is 0 Å². The molecule has 1 aromatic rings. The Balaban J connectivity index is 2.39. The predicted molar refractivity (Wildman–Crippen MR) is 74.7 cm³/mol. The molecule has 0 radical (unpaired) electrons. The fourth-order valence-electron chi connectivity index (χ4n) is 2.30. The quantitative estimate of drug-likeness (QED) is 0.813. The van der Waals surface area contributed by atoms with Crippen molar-refractivity contribution in [1.82, 2.24) is 0 Å². The molecule has 0 saturated carbocycles. The first kappa shape index (κ1) is 12.3. The van der Waals surface area contributed by atoms with Gasteiger partial charge in [0.1, 0.15) is 4.99 Å². The van der Waals surface area contributed by atoms with E-state index in [0.29, 0.717) is 4.99 Å². The molecule has 1 atom stereocenters. The molecule has 0 spiro atoms. The van der Waals surface area contributed by atoms with Gasteiger partial charge in [0, 0.05) is 18.7 Å². The van der Waals surface area contributed by atoms with Crippen molar-refractivity contribution < 1.29 is 4.74 Å². The number of nitrogens with two attached hydrogens (primary N) is 1. The van der Waals surface area contributed by atoms with Gasteiger partial charge in [-0.2, -0.15) is 0 Å². The van der Waals surface area contributed by atoms with E-state index in [4.69, 9.17) is 22.7 Å². The van der Waals surface area contributed by atoms with Crippen molar-refractivity contribution >= 4 is 22.9 Å². The Morgan fingerprint density at radius 1 is 1.53 bits per heavy atom. The number of thiocarbonyl (C=S) groups is 1. The largest absolute Gasteiger partial charge is 0.389 e. The fourth-order valence-corrected chi connectivity index (χ4v) is 2.46. The smallest absolute Gasteiger partial charge is 0.106 e. The summed E-state index contributed by atoms with van der Waals surface area (Å²) < 4.78 is 5.56. The molecular weight excluding hydrogens is 232 g/mol. The zero-order valence-electron chi connectivity index (χ0n) is 10.3. The van der Waals surface area contributed by atoms with Crippen LogP contribution in [0.15, 0.2) is 18.2 Å². The first-order valence-electron chi connectivity index (χ1n) is 5.85. The summed E-state index contributed by atoms with van der Waals surface area (Å²) in [4.78, 5) is 2.78. The highest BCUT2D eigenvalue weighted by molar-refractivity contribution is 7.80. The Labute approximate surface area is 108 Å². The summed E-state index contributed by atoms with van der Waals surface area (Å²) in [5.41, 5.74) is 9.14. The number of benzene rings is 1. The van der Waals surface area contributed by atoms with Crippen LogP contribution in [0.1, 0.15) is 18.1 Å². The second-order valence-electron chi connectivity index (χ2n) is 4.46. The average molecular weight is 250 g/mol. The van der Waals surface area contributed by atoms with Crippen molar-refractivity contribution in [3.8, 4) is 0 Å². The van der Waals surface area contributed by atoms with Crippen LogP contribution in [-0.4, -0.2) is 30.8 Å². The number of anilines is 1. The van der Waals surface area contributed by atoms with E-state index in [9.17, 15) is 0 Å². The molecule has 2 N–H and O–H groups in total. The van der Waals surface area contributed by atoms with Gasteiger partial charge >= 0.3 is 0 Å².